The molecule has 788 valence electrons. The Kier molecular flexibility index (Phi) is 35.3. The number of carbonyl (C=O) groups excluding carboxylic acids is 3. The molecule has 13 aliphatic rings. The number of esters is 3. The SMILES string of the molecule is C=CC(C)(O)CCC=C(CC)C(=O)OC1C(OCC2OC(OC(=O)C34CCC(C)(C)CC3C3=CCC5C6(C)CCC(OC7OC(COC8OCC(O)C(O)C8OC8OCC(O)C(O)C8O)C(O)C(O)C7O)C(C)(C)C6CCC5(C)C3(C)CC4O)C(OC3OC(C)C(OC4OCC(O)C(OC5OCC(O)C(O)C5O)C4O)C(O)C3O)C(O)C2O)OC(C)C(O)C1OC(=O)C(=CCCC(C)(O)C=C)CO. The summed E-state index contributed by atoms with van der Waals surface area (Å²) in [6.45, 7) is 25.2. The van der Waals surface area contributed by atoms with E-state index in [-0.39, 0.29) is 67.9 Å². The molecule has 13 rings (SSSR count). The fraction of sp³-hybridized carbons (Fsp3) is 0.863. The van der Waals surface area contributed by atoms with Crippen LogP contribution in [0.1, 0.15) is 173 Å². The van der Waals surface area contributed by atoms with Crippen molar-refractivity contribution in [1.29, 1.82) is 0 Å². The first kappa shape index (κ1) is 111. The van der Waals surface area contributed by atoms with Gasteiger partial charge < -0.3 is 198 Å². The lowest BCUT2D eigenvalue weighted by atomic mass is 9.33. The molecule has 5 aliphatic carbocycles. The number of aliphatic hydroxyl groups excluding tert-OH is 20. The monoisotopic (exact) mass is 1980 g/mol. The molecular weight excluding hydrogens is 1830 g/mol. The van der Waals surface area contributed by atoms with E-state index in [1.807, 2.05) is 0 Å². The number of fused-ring (bicyclic) bond motifs is 7. The van der Waals surface area contributed by atoms with Gasteiger partial charge in [-0.25, -0.2) is 9.59 Å². The average Bonchev–Trinajstić information content (AvgIpc) is 0.668. The van der Waals surface area contributed by atoms with Crippen molar-refractivity contribution < 1.29 is 212 Å². The topological polar surface area (TPSA) is 662 Å². The Balaban J connectivity index is 0.770. The molecule has 0 amide bonds. The van der Waals surface area contributed by atoms with Gasteiger partial charge in [-0.3, -0.25) is 4.79 Å². The third-order valence-electron chi connectivity index (χ3n) is 32.7. The van der Waals surface area contributed by atoms with Crippen LogP contribution < -0.4 is 0 Å². The standard InChI is InChI=1S/C95H150O43/c1-15-43(20-18-26-90(10,119)16-2)77(116)133-76-73(132-78(117)44(34-96)21-19-27-91(11,120)17-3)57(102)41(4)127-85(76)126-40-52-62(107)64(109)75(137-82-69(114)65(110)71(42(5)128-82)134-81-70(115)72(50(100)38-123-81)135-79-66(111)58(103)47(97)35-121-79)86(130-52)138-87(118)95-31-30-88(6,7)32-46(95)45-22-23-54-92(12)28-25-56(89(8,9)53(92)24-29-93(54,13)94(45,14)33-55(95)101)131-83-68(113)63(108)61(106)51(129-83)39-125-84-74(60(105)49(99)37-124-84)136-80-67(112)59(104)48(98)36-122-80/h16-17,20-22,41-42,46-76,79-86,96-115,119-120H,2-3,15,18-19,23-40H2,1,4-14H3. The van der Waals surface area contributed by atoms with Gasteiger partial charge >= 0.3 is 17.9 Å². The van der Waals surface area contributed by atoms with Crippen molar-refractivity contribution in [2.24, 2.45) is 50.2 Å². The van der Waals surface area contributed by atoms with Crippen LogP contribution in [0, 0.1) is 50.2 Å². The van der Waals surface area contributed by atoms with Gasteiger partial charge in [-0.15, -0.1) is 13.2 Å². The van der Waals surface area contributed by atoms with E-state index in [9.17, 15) is 122 Å². The highest BCUT2D eigenvalue weighted by Gasteiger charge is 2.73. The smallest absolute Gasteiger partial charge is 0.336 e. The molecular formula is C95H150O43. The van der Waals surface area contributed by atoms with Crippen LogP contribution in [-0.4, -0.2) is 421 Å². The molecule has 0 aromatic rings. The molecule has 43 nitrogen and oxygen atoms in total. The highest BCUT2D eigenvalue weighted by molar-refractivity contribution is 5.89. The Morgan fingerprint density at radius 3 is 1.53 bits per heavy atom. The van der Waals surface area contributed by atoms with Crippen LogP contribution in [0.2, 0.25) is 0 Å². The van der Waals surface area contributed by atoms with Gasteiger partial charge in [0.05, 0.1) is 87.4 Å². The van der Waals surface area contributed by atoms with Crippen LogP contribution in [0.5, 0.6) is 0 Å². The number of hydrogen-bond acceptors (Lipinski definition) is 43. The molecule has 43 heteroatoms. The van der Waals surface area contributed by atoms with E-state index in [4.69, 9.17) is 85.3 Å². The predicted molar refractivity (Wildman–Crippen MR) is 469 cm³/mol. The molecule has 0 radical (unpaired) electrons. The molecule has 0 spiro atoms. The highest BCUT2D eigenvalue weighted by Crippen LogP contribution is 2.76. The molecule has 47 unspecified atom stereocenters. The van der Waals surface area contributed by atoms with Crippen molar-refractivity contribution in [3.63, 3.8) is 0 Å². The van der Waals surface area contributed by atoms with E-state index in [0.717, 1.165) is 5.57 Å². The van der Waals surface area contributed by atoms with Gasteiger partial charge in [0.25, 0.3) is 0 Å². The molecule has 12 fully saturated rings. The second-order valence-corrected chi connectivity index (χ2v) is 42.8. The number of carbonyl (C=O) groups is 3. The number of allylic oxidation sites excluding steroid dienone is 4. The van der Waals surface area contributed by atoms with Crippen LogP contribution in [0.25, 0.3) is 0 Å². The van der Waals surface area contributed by atoms with Crippen molar-refractivity contribution in [3.05, 3.63) is 60.3 Å². The van der Waals surface area contributed by atoms with Crippen molar-refractivity contribution in [1.82, 2.24) is 0 Å². The fourth-order valence-electron chi connectivity index (χ4n) is 23.6. The lowest BCUT2D eigenvalue weighted by Gasteiger charge is -2.71. The zero-order chi connectivity index (χ0) is 101. The van der Waals surface area contributed by atoms with E-state index in [0.29, 0.717) is 44.9 Å². The maximum atomic E-state index is 16.6. The van der Waals surface area contributed by atoms with E-state index in [1.165, 1.54) is 52.0 Å². The first-order valence-electron chi connectivity index (χ1n) is 48.3. The molecule has 8 saturated heterocycles. The van der Waals surface area contributed by atoms with Crippen molar-refractivity contribution >= 4 is 17.9 Å². The Bertz CT molecular complexity index is 4210. The second kappa shape index (κ2) is 44.0. The van der Waals surface area contributed by atoms with E-state index < -0.39 is 347 Å². The third-order valence-corrected chi connectivity index (χ3v) is 32.7. The minimum Gasteiger partial charge on any atom is -0.452 e. The first-order valence-corrected chi connectivity index (χ1v) is 48.3. The molecule has 0 aromatic heterocycles. The van der Waals surface area contributed by atoms with Crippen LogP contribution in [0.15, 0.2) is 60.3 Å². The summed E-state index contributed by atoms with van der Waals surface area (Å²) in [7, 11) is 0. The molecule has 8 heterocycles. The minimum atomic E-state index is -2.28. The number of ether oxygens (including phenoxy) is 18. The molecule has 0 aromatic carbocycles. The molecule has 0 bridgehead atoms. The Morgan fingerprint density at radius 1 is 0.457 bits per heavy atom. The number of aliphatic hydroxyl groups is 22. The van der Waals surface area contributed by atoms with Gasteiger partial charge in [0.2, 0.25) is 6.29 Å². The number of hydrogen-bond donors (Lipinski definition) is 22. The first-order chi connectivity index (χ1) is 64.7. The summed E-state index contributed by atoms with van der Waals surface area (Å²) in [6.07, 6.45) is -54.8. The maximum Gasteiger partial charge on any atom is 0.336 e. The van der Waals surface area contributed by atoms with Crippen molar-refractivity contribution in [2.45, 2.75) is 418 Å². The highest BCUT2D eigenvalue weighted by atomic mass is 16.8. The van der Waals surface area contributed by atoms with Crippen LogP contribution >= 0.6 is 0 Å². The maximum absolute atomic E-state index is 16.6. The second-order valence-electron chi connectivity index (χ2n) is 42.8. The van der Waals surface area contributed by atoms with E-state index in [1.54, 1.807) is 6.92 Å². The largest absolute Gasteiger partial charge is 0.452 e. The summed E-state index contributed by atoms with van der Waals surface area (Å²) in [5.74, 6) is -4.23. The zero-order valence-corrected chi connectivity index (χ0v) is 80.2. The molecule has 4 saturated carbocycles. The van der Waals surface area contributed by atoms with Gasteiger partial charge in [-0.1, -0.05) is 91.3 Å². The summed E-state index contributed by atoms with van der Waals surface area (Å²) in [4.78, 5) is 45.4. The zero-order valence-electron chi connectivity index (χ0n) is 80.2. The van der Waals surface area contributed by atoms with Gasteiger partial charge in [-0.05, 0) is 162 Å². The van der Waals surface area contributed by atoms with Gasteiger partial charge in [0, 0.05) is 5.57 Å². The average molecular weight is 1980 g/mol. The summed E-state index contributed by atoms with van der Waals surface area (Å²) < 4.78 is 109. The molecule has 138 heavy (non-hydrogen) atoms. The lowest BCUT2D eigenvalue weighted by Crippen LogP contribution is -2.69. The summed E-state index contributed by atoms with van der Waals surface area (Å²) in [5.41, 5.74) is -7.05. The van der Waals surface area contributed by atoms with Crippen LogP contribution in [-0.2, 0) is 99.6 Å². The number of rotatable bonds is 32. The van der Waals surface area contributed by atoms with Gasteiger partial charge in [-0.2, -0.15) is 0 Å². The van der Waals surface area contributed by atoms with Crippen molar-refractivity contribution in [3.8, 4) is 0 Å². The minimum absolute atomic E-state index is 0.00873. The summed E-state index contributed by atoms with van der Waals surface area (Å²) in [5, 5.41) is 248. The third kappa shape index (κ3) is 22.1. The lowest BCUT2D eigenvalue weighted by molar-refractivity contribution is -0.381. The van der Waals surface area contributed by atoms with E-state index >= 15 is 4.79 Å². The molecule has 22 N–H and O–H groups in total. The van der Waals surface area contributed by atoms with Gasteiger partial charge in [0.1, 0.15) is 146 Å². The normalized spacial score (nSPS) is 48.0. The Labute approximate surface area is 801 Å². The molecule has 47 atom stereocenters. The van der Waals surface area contributed by atoms with Gasteiger partial charge in [0.15, 0.2) is 62.3 Å². The van der Waals surface area contributed by atoms with Crippen molar-refractivity contribution in [2.75, 3.05) is 46.2 Å². The fourth-order valence-corrected chi connectivity index (χ4v) is 23.6. The van der Waals surface area contributed by atoms with E-state index in [2.05, 4.69) is 67.7 Å². The molecule has 8 aliphatic heterocycles. The summed E-state index contributed by atoms with van der Waals surface area (Å²) >= 11 is 0. The van der Waals surface area contributed by atoms with Crippen LogP contribution in [0.4, 0.5) is 0 Å². The summed E-state index contributed by atoms with van der Waals surface area (Å²) in [6, 6.07) is 0. The Hall–Kier alpha value is -4.37. The quantitative estimate of drug-likeness (QED) is 0.0103. The van der Waals surface area contributed by atoms with Crippen LogP contribution in [0.3, 0.4) is 0 Å². The Morgan fingerprint density at radius 2 is 0.935 bits per heavy atom. The predicted octanol–water partition coefficient (Wildman–Crippen LogP) is -3.36.